The van der Waals surface area contributed by atoms with Gasteiger partial charge in [-0.1, -0.05) is 60.7 Å². The SMILES string of the molecule is NC1C(c2ccccc2)=CC(c2ccccc2)=NN1CCCC(=O)O. The third kappa shape index (κ3) is 4.14. The zero-order valence-corrected chi connectivity index (χ0v) is 13.9. The molecule has 2 aromatic carbocycles. The van der Waals surface area contributed by atoms with Gasteiger partial charge in [0.15, 0.2) is 0 Å². The molecule has 0 radical (unpaired) electrons. The van der Waals surface area contributed by atoms with Gasteiger partial charge in [0.1, 0.15) is 6.17 Å². The Bertz CT molecular complexity index is 785. The van der Waals surface area contributed by atoms with Crippen molar-refractivity contribution in [3.63, 3.8) is 0 Å². The minimum Gasteiger partial charge on any atom is -0.481 e. The Morgan fingerprint density at radius 3 is 2.24 bits per heavy atom. The first kappa shape index (κ1) is 16.9. The molecule has 3 N–H and O–H groups in total. The number of allylic oxidation sites excluding steroid dienone is 1. The van der Waals surface area contributed by atoms with Crippen LogP contribution in [-0.2, 0) is 4.79 Å². The van der Waals surface area contributed by atoms with Gasteiger partial charge >= 0.3 is 5.97 Å². The highest BCUT2D eigenvalue weighted by Gasteiger charge is 2.24. The summed E-state index contributed by atoms with van der Waals surface area (Å²) in [6.45, 7) is 0.494. The molecule has 1 unspecified atom stereocenters. The molecule has 5 nitrogen and oxygen atoms in total. The van der Waals surface area contributed by atoms with Crippen LogP contribution >= 0.6 is 0 Å². The number of rotatable bonds is 6. The molecule has 0 bridgehead atoms. The van der Waals surface area contributed by atoms with Crippen molar-refractivity contribution < 1.29 is 9.90 Å². The molecule has 5 heteroatoms. The van der Waals surface area contributed by atoms with Gasteiger partial charge in [0.2, 0.25) is 0 Å². The van der Waals surface area contributed by atoms with E-state index in [0.717, 1.165) is 22.4 Å². The zero-order valence-electron chi connectivity index (χ0n) is 13.9. The molecule has 0 saturated heterocycles. The molecular formula is C20H21N3O2. The topological polar surface area (TPSA) is 78.9 Å². The Morgan fingerprint density at radius 1 is 1.04 bits per heavy atom. The van der Waals surface area contributed by atoms with E-state index in [9.17, 15) is 4.79 Å². The third-order valence-electron chi connectivity index (χ3n) is 4.12. The second kappa shape index (κ2) is 7.77. The van der Waals surface area contributed by atoms with E-state index < -0.39 is 12.1 Å². The Morgan fingerprint density at radius 2 is 1.64 bits per heavy atom. The molecule has 2 aromatic rings. The smallest absolute Gasteiger partial charge is 0.303 e. The standard InChI is InChI=1S/C20H21N3O2/c21-20-17(15-8-3-1-4-9-15)14-18(16-10-5-2-6-11-16)22-23(20)13-7-12-19(24)25/h1-6,8-11,14,20H,7,12-13,21H2,(H,24,25). The molecule has 25 heavy (non-hydrogen) atoms. The van der Waals surface area contributed by atoms with Crippen molar-refractivity contribution in [2.75, 3.05) is 6.54 Å². The molecule has 1 heterocycles. The van der Waals surface area contributed by atoms with Gasteiger partial charge in [-0.05, 0) is 23.6 Å². The molecule has 1 aliphatic rings. The summed E-state index contributed by atoms with van der Waals surface area (Å²) in [6.07, 6.45) is 2.22. The lowest BCUT2D eigenvalue weighted by atomic mass is 9.97. The summed E-state index contributed by atoms with van der Waals surface area (Å²) in [5.41, 5.74) is 10.3. The molecule has 128 valence electrons. The second-order valence-corrected chi connectivity index (χ2v) is 5.92. The van der Waals surface area contributed by atoms with E-state index in [-0.39, 0.29) is 6.42 Å². The van der Waals surface area contributed by atoms with Crippen molar-refractivity contribution in [3.05, 3.63) is 77.9 Å². The monoisotopic (exact) mass is 335 g/mol. The van der Waals surface area contributed by atoms with Crippen molar-refractivity contribution in [1.82, 2.24) is 5.01 Å². The highest BCUT2D eigenvalue weighted by Crippen LogP contribution is 2.25. The average molecular weight is 335 g/mol. The number of hydrazone groups is 1. The van der Waals surface area contributed by atoms with Crippen LogP contribution in [0.2, 0.25) is 0 Å². The number of carbonyl (C=O) groups is 1. The minimum atomic E-state index is -0.809. The lowest BCUT2D eigenvalue weighted by molar-refractivity contribution is -0.137. The summed E-state index contributed by atoms with van der Waals surface area (Å²) in [4.78, 5) is 10.8. The predicted octanol–water partition coefficient (Wildman–Crippen LogP) is 2.94. The van der Waals surface area contributed by atoms with E-state index in [1.165, 1.54) is 0 Å². The number of carboxylic acids is 1. The Hall–Kier alpha value is -2.92. The van der Waals surface area contributed by atoms with Gasteiger partial charge in [0.25, 0.3) is 0 Å². The lowest BCUT2D eigenvalue weighted by Crippen LogP contribution is -2.43. The van der Waals surface area contributed by atoms with E-state index in [2.05, 4.69) is 5.10 Å². The maximum absolute atomic E-state index is 10.8. The van der Waals surface area contributed by atoms with Gasteiger partial charge in [-0.2, -0.15) is 5.10 Å². The van der Waals surface area contributed by atoms with Gasteiger partial charge in [0.05, 0.1) is 5.71 Å². The van der Waals surface area contributed by atoms with Crippen molar-refractivity contribution in [3.8, 4) is 0 Å². The number of hydrogen-bond donors (Lipinski definition) is 2. The molecule has 3 rings (SSSR count). The fourth-order valence-electron chi connectivity index (χ4n) is 2.84. The van der Waals surface area contributed by atoms with Crippen LogP contribution in [-0.4, -0.2) is 34.5 Å². The summed E-state index contributed by atoms with van der Waals surface area (Å²) < 4.78 is 0. The van der Waals surface area contributed by atoms with Crippen molar-refractivity contribution in [2.45, 2.75) is 19.0 Å². The van der Waals surface area contributed by atoms with E-state index in [0.29, 0.717) is 13.0 Å². The van der Waals surface area contributed by atoms with Crippen molar-refractivity contribution in [2.24, 2.45) is 10.8 Å². The summed E-state index contributed by atoms with van der Waals surface area (Å²) in [5.74, 6) is -0.809. The van der Waals surface area contributed by atoms with Gasteiger partial charge < -0.3 is 10.8 Å². The molecule has 1 aliphatic heterocycles. The minimum absolute atomic E-state index is 0.101. The maximum atomic E-state index is 10.8. The van der Waals surface area contributed by atoms with E-state index in [1.54, 1.807) is 5.01 Å². The van der Waals surface area contributed by atoms with Gasteiger partial charge in [-0.25, -0.2) is 0 Å². The van der Waals surface area contributed by atoms with Crippen LogP contribution in [0.1, 0.15) is 24.0 Å². The second-order valence-electron chi connectivity index (χ2n) is 5.92. The van der Waals surface area contributed by atoms with Gasteiger partial charge in [0, 0.05) is 18.5 Å². The summed E-state index contributed by atoms with van der Waals surface area (Å²) >= 11 is 0. The number of nitrogens with zero attached hydrogens (tertiary/aromatic N) is 2. The molecule has 0 spiro atoms. The molecule has 0 fully saturated rings. The molecule has 0 saturated carbocycles. The van der Waals surface area contributed by atoms with Gasteiger partial charge in [-0.15, -0.1) is 0 Å². The largest absolute Gasteiger partial charge is 0.481 e. The van der Waals surface area contributed by atoms with E-state index in [1.807, 2.05) is 66.7 Å². The number of nitrogens with two attached hydrogens (primary N) is 1. The molecule has 0 aliphatic carbocycles. The molecule has 0 aromatic heterocycles. The summed E-state index contributed by atoms with van der Waals surface area (Å²) in [5, 5.41) is 15.3. The Balaban J connectivity index is 1.93. The van der Waals surface area contributed by atoms with Crippen LogP contribution in [0.5, 0.6) is 0 Å². The van der Waals surface area contributed by atoms with E-state index in [4.69, 9.17) is 10.8 Å². The normalized spacial score (nSPS) is 17.0. The molecular weight excluding hydrogens is 314 g/mol. The zero-order chi connectivity index (χ0) is 17.6. The van der Waals surface area contributed by atoms with Crippen LogP contribution in [0, 0.1) is 0 Å². The fraction of sp³-hybridized carbons (Fsp3) is 0.200. The highest BCUT2D eigenvalue weighted by molar-refractivity contribution is 6.13. The Labute approximate surface area is 147 Å². The quantitative estimate of drug-likeness (QED) is 0.851. The van der Waals surface area contributed by atoms with Crippen LogP contribution in [0.25, 0.3) is 5.57 Å². The third-order valence-corrected chi connectivity index (χ3v) is 4.12. The first-order chi connectivity index (χ1) is 12.1. The number of benzene rings is 2. The number of aliphatic carboxylic acids is 1. The van der Waals surface area contributed by atoms with Gasteiger partial charge in [-0.3, -0.25) is 9.80 Å². The highest BCUT2D eigenvalue weighted by atomic mass is 16.4. The first-order valence-corrected chi connectivity index (χ1v) is 8.30. The number of hydrogen-bond acceptors (Lipinski definition) is 4. The van der Waals surface area contributed by atoms with Crippen LogP contribution in [0.4, 0.5) is 0 Å². The molecule has 0 amide bonds. The summed E-state index contributed by atoms with van der Waals surface area (Å²) in [6, 6.07) is 19.9. The maximum Gasteiger partial charge on any atom is 0.303 e. The van der Waals surface area contributed by atoms with Crippen molar-refractivity contribution in [1.29, 1.82) is 0 Å². The summed E-state index contributed by atoms with van der Waals surface area (Å²) in [7, 11) is 0. The number of carboxylic acid groups (broad SMARTS) is 1. The van der Waals surface area contributed by atoms with E-state index >= 15 is 0 Å². The van der Waals surface area contributed by atoms with Crippen molar-refractivity contribution >= 4 is 17.3 Å². The molecule has 1 atom stereocenters. The predicted molar refractivity (Wildman–Crippen MR) is 98.9 cm³/mol. The van der Waals surface area contributed by atoms with Crippen LogP contribution in [0.3, 0.4) is 0 Å². The van der Waals surface area contributed by atoms with Crippen LogP contribution < -0.4 is 5.73 Å². The fourth-order valence-corrected chi connectivity index (χ4v) is 2.84. The first-order valence-electron chi connectivity index (χ1n) is 8.30. The van der Waals surface area contributed by atoms with Crippen LogP contribution in [0.15, 0.2) is 71.8 Å². The Kier molecular flexibility index (Phi) is 5.26. The lowest BCUT2D eigenvalue weighted by Gasteiger charge is -2.32. The average Bonchev–Trinajstić information content (AvgIpc) is 2.64.